The Hall–Kier alpha value is -1.94. The smallest absolute Gasteiger partial charge is 0.462 e. The number of hydrogen-bond donors (Lipinski definition) is 3. The molecule has 19 heteroatoms. The quantitative estimate of drug-likeness (QED) is 0.0222. The predicted octanol–water partition coefficient (Wildman–Crippen LogP) is 27.6. The molecule has 2 unspecified atom stereocenters. The number of hydrogen-bond acceptors (Lipinski definition) is 15. The lowest BCUT2D eigenvalue weighted by Gasteiger charge is -2.21. The molecular weight excluding hydrogens is 1410 g/mol. The maximum Gasteiger partial charge on any atom is 0.472 e. The van der Waals surface area contributed by atoms with E-state index in [-0.39, 0.29) is 25.7 Å². The summed E-state index contributed by atoms with van der Waals surface area (Å²) in [4.78, 5) is 73.4. The fraction of sp³-hybridized carbons (Fsp3) is 0.956. The van der Waals surface area contributed by atoms with E-state index in [2.05, 4.69) is 48.5 Å². The Balaban J connectivity index is 5.25. The number of aliphatic hydroxyl groups is 1. The topological polar surface area (TPSA) is 237 Å². The lowest BCUT2D eigenvalue weighted by molar-refractivity contribution is -0.161. The summed E-state index contributed by atoms with van der Waals surface area (Å²) in [6, 6.07) is 0. The lowest BCUT2D eigenvalue weighted by atomic mass is 10.0. The van der Waals surface area contributed by atoms with Crippen LogP contribution in [0.5, 0.6) is 0 Å². The first kappa shape index (κ1) is 107. The van der Waals surface area contributed by atoms with Crippen molar-refractivity contribution in [2.24, 2.45) is 17.8 Å². The number of carbonyl (C=O) groups is 4. The number of phosphoric acid groups is 2. The molecule has 0 radical (unpaired) electrons. The van der Waals surface area contributed by atoms with Crippen LogP contribution in [0.1, 0.15) is 479 Å². The fourth-order valence-electron chi connectivity index (χ4n) is 14.1. The van der Waals surface area contributed by atoms with E-state index in [1.165, 1.54) is 289 Å². The zero-order chi connectivity index (χ0) is 80.0. The van der Waals surface area contributed by atoms with E-state index in [9.17, 15) is 43.2 Å². The Kier molecular flexibility index (Phi) is 78.5. The lowest BCUT2D eigenvalue weighted by Crippen LogP contribution is -2.30. The molecule has 648 valence electrons. The Morgan fingerprint density at radius 2 is 0.422 bits per heavy atom. The molecule has 0 fully saturated rings. The monoisotopic (exact) mass is 1590 g/mol. The van der Waals surface area contributed by atoms with Crippen molar-refractivity contribution >= 4 is 39.5 Å². The molecule has 0 aliphatic heterocycles. The molecule has 3 N–H and O–H groups in total. The first-order valence-corrected chi connectivity index (χ1v) is 49.3. The number of ether oxygens (including phenoxy) is 4. The third kappa shape index (κ3) is 83.8. The molecule has 0 rings (SSSR count). The van der Waals surface area contributed by atoms with Gasteiger partial charge in [-0.1, -0.05) is 427 Å². The molecule has 0 amide bonds. The van der Waals surface area contributed by atoms with Crippen molar-refractivity contribution in [2.45, 2.75) is 497 Å². The van der Waals surface area contributed by atoms with Crippen LogP contribution in [0, 0.1) is 17.8 Å². The summed E-state index contributed by atoms with van der Waals surface area (Å²) in [5.41, 5.74) is 0. The summed E-state index contributed by atoms with van der Waals surface area (Å²) < 4.78 is 69.1. The third-order valence-electron chi connectivity index (χ3n) is 21.1. The molecule has 5 atom stereocenters. The van der Waals surface area contributed by atoms with Gasteiger partial charge in [0.25, 0.3) is 0 Å². The van der Waals surface area contributed by atoms with Gasteiger partial charge < -0.3 is 33.8 Å². The number of unbranched alkanes of at least 4 members (excludes halogenated alkanes) is 56. The molecule has 109 heavy (non-hydrogen) atoms. The number of aliphatic hydroxyl groups excluding tert-OH is 1. The van der Waals surface area contributed by atoms with Gasteiger partial charge in [-0.2, -0.15) is 0 Å². The fourth-order valence-corrected chi connectivity index (χ4v) is 15.7. The second-order valence-electron chi connectivity index (χ2n) is 33.8. The average Bonchev–Trinajstić information content (AvgIpc) is 0.894. The normalized spacial score (nSPS) is 13.8. The van der Waals surface area contributed by atoms with Crippen molar-refractivity contribution in [1.82, 2.24) is 0 Å². The largest absolute Gasteiger partial charge is 0.472 e. The highest BCUT2D eigenvalue weighted by atomic mass is 31.2. The zero-order valence-corrected chi connectivity index (χ0v) is 73.8. The van der Waals surface area contributed by atoms with E-state index in [1.807, 2.05) is 0 Å². The van der Waals surface area contributed by atoms with Gasteiger partial charge in [-0.3, -0.25) is 37.3 Å². The number of carbonyl (C=O) groups excluding carboxylic acids is 4. The zero-order valence-electron chi connectivity index (χ0n) is 72.0. The van der Waals surface area contributed by atoms with Crippen molar-refractivity contribution < 1.29 is 80.2 Å². The predicted molar refractivity (Wildman–Crippen MR) is 451 cm³/mol. The molecule has 0 aromatic heterocycles. The first-order chi connectivity index (χ1) is 52.7. The molecule has 0 saturated heterocycles. The Labute approximate surface area is 670 Å². The standard InChI is InChI=1S/C90H176O17P2/c1-8-9-10-11-12-13-14-15-16-17-18-19-20-27-32-37-44-52-59-66-73-89(94)106-85(77-100-87(92)71-64-57-50-43-36-31-26-22-21-24-29-34-40-47-54-61-68-81(2)3)79-104-108(96,97)102-75-84(91)76-103-109(98,99)105-80-86(78-101-88(93)72-65-58-51-46-39-42-49-56-63-70-83(6)7)107-90(95)74-67-60-53-45-38-33-28-23-25-30-35-41-48-55-62-69-82(4)5/h81-86,91H,8-80H2,1-7H3,(H,96,97)(H,98,99)/t84-,85-,86-/m1/s1. The van der Waals surface area contributed by atoms with E-state index in [0.717, 1.165) is 108 Å². The van der Waals surface area contributed by atoms with E-state index in [4.69, 9.17) is 37.0 Å². The van der Waals surface area contributed by atoms with Crippen LogP contribution in [0.15, 0.2) is 0 Å². The molecule has 0 aliphatic rings. The molecule has 0 aliphatic carbocycles. The number of esters is 4. The van der Waals surface area contributed by atoms with Crippen molar-refractivity contribution in [1.29, 1.82) is 0 Å². The Morgan fingerprint density at radius 1 is 0.248 bits per heavy atom. The summed E-state index contributed by atoms with van der Waals surface area (Å²) in [6.45, 7) is 12.0. The summed E-state index contributed by atoms with van der Waals surface area (Å²) in [7, 11) is -9.94. The van der Waals surface area contributed by atoms with Crippen molar-refractivity contribution in [3.05, 3.63) is 0 Å². The van der Waals surface area contributed by atoms with Gasteiger partial charge in [0.15, 0.2) is 12.2 Å². The molecule has 0 spiro atoms. The minimum atomic E-state index is -4.97. The van der Waals surface area contributed by atoms with Gasteiger partial charge in [-0.15, -0.1) is 0 Å². The van der Waals surface area contributed by atoms with E-state index in [1.54, 1.807) is 0 Å². The highest BCUT2D eigenvalue weighted by Gasteiger charge is 2.31. The van der Waals surface area contributed by atoms with Crippen molar-refractivity contribution in [2.75, 3.05) is 39.6 Å². The van der Waals surface area contributed by atoms with Crippen LogP contribution in [-0.2, 0) is 65.4 Å². The SMILES string of the molecule is CCCCCCCCCCCCCCCCCCCCCCC(=O)O[C@H](COC(=O)CCCCCCCCCCCCCCCCCCC(C)C)COP(=O)(O)OC[C@@H](O)COP(=O)(O)OC[C@@H](COC(=O)CCCCCCCCCCCC(C)C)OC(=O)CCCCCCCCCCCCCCCCCC(C)C. The minimum Gasteiger partial charge on any atom is -0.462 e. The van der Waals surface area contributed by atoms with Gasteiger partial charge in [-0.25, -0.2) is 9.13 Å². The van der Waals surface area contributed by atoms with E-state index >= 15 is 0 Å². The Morgan fingerprint density at radius 3 is 0.624 bits per heavy atom. The summed E-state index contributed by atoms with van der Waals surface area (Å²) in [6.07, 6.45) is 72.3. The van der Waals surface area contributed by atoms with Crippen LogP contribution in [0.2, 0.25) is 0 Å². The van der Waals surface area contributed by atoms with Crippen molar-refractivity contribution in [3.63, 3.8) is 0 Å². The molecule has 0 heterocycles. The molecule has 0 saturated carbocycles. The Bertz CT molecular complexity index is 2100. The maximum atomic E-state index is 13.2. The van der Waals surface area contributed by atoms with Gasteiger partial charge in [0.1, 0.15) is 19.3 Å². The van der Waals surface area contributed by atoms with Gasteiger partial charge in [0.2, 0.25) is 0 Å². The van der Waals surface area contributed by atoms with Gasteiger partial charge in [0.05, 0.1) is 26.4 Å². The number of rotatable bonds is 88. The summed E-state index contributed by atoms with van der Waals surface area (Å²) in [5, 5.41) is 10.7. The van der Waals surface area contributed by atoms with Crippen molar-refractivity contribution in [3.8, 4) is 0 Å². The molecule has 17 nitrogen and oxygen atoms in total. The van der Waals surface area contributed by atoms with Crippen LogP contribution in [0.25, 0.3) is 0 Å². The molecule has 0 aromatic carbocycles. The second-order valence-corrected chi connectivity index (χ2v) is 36.7. The summed E-state index contributed by atoms with van der Waals surface area (Å²) in [5.74, 6) is 0.260. The van der Waals surface area contributed by atoms with Crippen LogP contribution in [0.4, 0.5) is 0 Å². The maximum absolute atomic E-state index is 13.2. The van der Waals surface area contributed by atoms with Crippen LogP contribution in [-0.4, -0.2) is 96.7 Å². The van der Waals surface area contributed by atoms with Gasteiger partial charge in [-0.05, 0) is 43.4 Å². The summed E-state index contributed by atoms with van der Waals surface area (Å²) >= 11 is 0. The van der Waals surface area contributed by atoms with Gasteiger partial charge >= 0.3 is 39.5 Å². The van der Waals surface area contributed by atoms with Crippen LogP contribution < -0.4 is 0 Å². The number of phosphoric ester groups is 2. The molecule has 0 aromatic rings. The van der Waals surface area contributed by atoms with Crippen LogP contribution in [0.3, 0.4) is 0 Å². The third-order valence-corrected chi connectivity index (χ3v) is 23.0. The highest BCUT2D eigenvalue weighted by Crippen LogP contribution is 2.45. The van der Waals surface area contributed by atoms with E-state index < -0.39 is 97.5 Å². The minimum absolute atomic E-state index is 0.108. The average molecular weight is 1590 g/mol. The second kappa shape index (κ2) is 79.9. The van der Waals surface area contributed by atoms with Crippen LogP contribution >= 0.6 is 15.6 Å². The molecular formula is C90H176O17P2. The molecule has 0 bridgehead atoms. The first-order valence-electron chi connectivity index (χ1n) is 46.3. The van der Waals surface area contributed by atoms with Gasteiger partial charge in [0, 0.05) is 25.7 Å². The highest BCUT2D eigenvalue weighted by molar-refractivity contribution is 7.47. The van der Waals surface area contributed by atoms with E-state index in [0.29, 0.717) is 25.7 Å².